The molecule has 5 heteroatoms. The zero-order valence-electron chi connectivity index (χ0n) is 11.4. The van der Waals surface area contributed by atoms with Crippen molar-refractivity contribution in [3.63, 3.8) is 0 Å². The standard InChI is InChI=1S/C13H22O5/c1-8(15)7-13(10(3)17,11(4)18)12(5-6-14)9(2)16/h10,12,14,17H,5-7H2,1-4H3. The normalized spacial score (nSPS) is 17.7. The highest BCUT2D eigenvalue weighted by molar-refractivity contribution is 5.94. The highest BCUT2D eigenvalue weighted by Crippen LogP contribution is 2.39. The Morgan fingerprint density at radius 3 is 1.89 bits per heavy atom. The Balaban J connectivity index is 5.71. The van der Waals surface area contributed by atoms with Crippen LogP contribution in [0.4, 0.5) is 0 Å². The molecule has 5 nitrogen and oxygen atoms in total. The number of ketones is 3. The Labute approximate surface area is 107 Å². The third-order valence-corrected chi connectivity index (χ3v) is 3.47. The molecule has 0 aliphatic carbocycles. The summed E-state index contributed by atoms with van der Waals surface area (Å²) in [6.45, 7) is 5.02. The van der Waals surface area contributed by atoms with Gasteiger partial charge in [-0.15, -0.1) is 0 Å². The number of hydrogen-bond acceptors (Lipinski definition) is 5. The quantitative estimate of drug-likeness (QED) is 0.662. The van der Waals surface area contributed by atoms with Crippen LogP contribution in [0.1, 0.15) is 40.5 Å². The van der Waals surface area contributed by atoms with E-state index in [4.69, 9.17) is 5.11 Å². The maximum atomic E-state index is 11.9. The minimum absolute atomic E-state index is 0.0626. The van der Waals surface area contributed by atoms with E-state index in [1.54, 1.807) is 0 Å². The van der Waals surface area contributed by atoms with E-state index in [2.05, 4.69) is 0 Å². The molecule has 0 aromatic carbocycles. The predicted molar refractivity (Wildman–Crippen MR) is 66.0 cm³/mol. The molecule has 18 heavy (non-hydrogen) atoms. The molecule has 2 N–H and O–H groups in total. The first-order valence-corrected chi connectivity index (χ1v) is 6.00. The van der Waals surface area contributed by atoms with Gasteiger partial charge in [0.05, 0.1) is 11.5 Å². The van der Waals surface area contributed by atoms with E-state index in [0.29, 0.717) is 0 Å². The molecule has 0 aromatic rings. The average molecular weight is 258 g/mol. The smallest absolute Gasteiger partial charge is 0.139 e. The van der Waals surface area contributed by atoms with Crippen LogP contribution in [0, 0.1) is 11.3 Å². The van der Waals surface area contributed by atoms with E-state index >= 15 is 0 Å². The Bertz CT molecular complexity index is 334. The zero-order chi connectivity index (χ0) is 14.5. The molecule has 0 radical (unpaired) electrons. The second-order valence-corrected chi connectivity index (χ2v) is 4.83. The Hall–Kier alpha value is -1.07. The predicted octanol–water partition coefficient (Wildman–Crippen LogP) is 0.509. The molecule has 0 spiro atoms. The highest BCUT2D eigenvalue weighted by Gasteiger charge is 2.49. The van der Waals surface area contributed by atoms with Gasteiger partial charge >= 0.3 is 0 Å². The largest absolute Gasteiger partial charge is 0.396 e. The van der Waals surface area contributed by atoms with Crippen LogP contribution in [0.15, 0.2) is 0 Å². The summed E-state index contributed by atoms with van der Waals surface area (Å²) < 4.78 is 0. The van der Waals surface area contributed by atoms with Gasteiger partial charge in [-0.05, 0) is 34.1 Å². The summed E-state index contributed by atoms with van der Waals surface area (Å²) in [5.41, 5.74) is -1.43. The van der Waals surface area contributed by atoms with Crippen LogP contribution in [0.25, 0.3) is 0 Å². The Morgan fingerprint density at radius 1 is 1.17 bits per heavy atom. The summed E-state index contributed by atoms with van der Waals surface area (Å²) in [6.07, 6.45) is -1.25. The van der Waals surface area contributed by atoms with Crippen molar-refractivity contribution in [2.45, 2.75) is 46.6 Å². The number of Topliss-reactive ketones (excluding diaryl/α,β-unsaturated/α-hetero) is 3. The monoisotopic (exact) mass is 258 g/mol. The van der Waals surface area contributed by atoms with E-state index in [9.17, 15) is 19.5 Å². The van der Waals surface area contributed by atoms with E-state index in [0.717, 1.165) is 0 Å². The molecule has 0 fully saturated rings. The van der Waals surface area contributed by atoms with Crippen LogP contribution in [-0.4, -0.2) is 40.3 Å². The van der Waals surface area contributed by atoms with Gasteiger partial charge in [-0.25, -0.2) is 0 Å². The lowest BCUT2D eigenvalue weighted by molar-refractivity contribution is -0.150. The first-order chi connectivity index (χ1) is 8.20. The molecule has 104 valence electrons. The second kappa shape index (κ2) is 6.75. The van der Waals surface area contributed by atoms with Crippen molar-refractivity contribution in [3.8, 4) is 0 Å². The van der Waals surface area contributed by atoms with Gasteiger partial charge in [-0.2, -0.15) is 0 Å². The van der Waals surface area contributed by atoms with Gasteiger partial charge in [0.2, 0.25) is 0 Å². The number of rotatable bonds is 8. The molecular weight excluding hydrogens is 236 g/mol. The lowest BCUT2D eigenvalue weighted by atomic mass is 9.63. The Morgan fingerprint density at radius 2 is 1.67 bits per heavy atom. The van der Waals surface area contributed by atoms with Crippen LogP contribution < -0.4 is 0 Å². The minimum atomic E-state index is -1.43. The molecule has 0 aliphatic rings. The van der Waals surface area contributed by atoms with Crippen molar-refractivity contribution in [1.29, 1.82) is 0 Å². The van der Waals surface area contributed by atoms with E-state index < -0.39 is 23.2 Å². The summed E-state index contributed by atoms with van der Waals surface area (Å²) in [7, 11) is 0. The summed E-state index contributed by atoms with van der Waals surface area (Å²) >= 11 is 0. The van der Waals surface area contributed by atoms with Crippen molar-refractivity contribution in [2.75, 3.05) is 6.61 Å². The maximum absolute atomic E-state index is 11.9. The molecule has 0 saturated heterocycles. The first kappa shape index (κ1) is 16.9. The zero-order valence-corrected chi connectivity index (χ0v) is 11.4. The van der Waals surface area contributed by atoms with Gasteiger partial charge in [0, 0.05) is 18.9 Å². The van der Waals surface area contributed by atoms with Gasteiger partial charge in [0.25, 0.3) is 0 Å². The lowest BCUT2D eigenvalue weighted by Crippen LogP contribution is -2.50. The van der Waals surface area contributed by atoms with Crippen molar-refractivity contribution in [2.24, 2.45) is 11.3 Å². The van der Waals surface area contributed by atoms with Crippen molar-refractivity contribution in [3.05, 3.63) is 0 Å². The summed E-state index contributed by atoms with van der Waals surface area (Å²) in [6, 6.07) is 0. The topological polar surface area (TPSA) is 91.7 Å². The number of aliphatic hydroxyl groups is 2. The lowest BCUT2D eigenvalue weighted by Gasteiger charge is -2.39. The highest BCUT2D eigenvalue weighted by atomic mass is 16.3. The fourth-order valence-corrected chi connectivity index (χ4v) is 2.59. The fourth-order valence-electron chi connectivity index (χ4n) is 2.59. The van der Waals surface area contributed by atoms with Crippen LogP contribution in [0.2, 0.25) is 0 Å². The van der Waals surface area contributed by atoms with Gasteiger partial charge in [0.1, 0.15) is 17.3 Å². The second-order valence-electron chi connectivity index (χ2n) is 4.83. The number of carbonyl (C=O) groups excluding carboxylic acids is 3. The first-order valence-electron chi connectivity index (χ1n) is 6.00. The molecule has 0 heterocycles. The van der Waals surface area contributed by atoms with Gasteiger partial charge in [-0.1, -0.05) is 0 Å². The van der Waals surface area contributed by atoms with Crippen molar-refractivity contribution in [1.82, 2.24) is 0 Å². The molecule has 0 saturated carbocycles. The summed E-state index contributed by atoms with van der Waals surface area (Å²) in [4.78, 5) is 35.0. The summed E-state index contributed by atoms with van der Waals surface area (Å²) in [5, 5.41) is 18.9. The molecule has 0 aliphatic heterocycles. The van der Waals surface area contributed by atoms with Crippen molar-refractivity contribution < 1.29 is 24.6 Å². The van der Waals surface area contributed by atoms with Crippen LogP contribution >= 0.6 is 0 Å². The molecule has 0 rings (SSSR count). The van der Waals surface area contributed by atoms with E-state index in [-0.39, 0.29) is 31.0 Å². The third-order valence-electron chi connectivity index (χ3n) is 3.47. The molecule has 3 atom stereocenters. The van der Waals surface area contributed by atoms with E-state index in [1.807, 2.05) is 0 Å². The van der Waals surface area contributed by atoms with Gasteiger partial charge < -0.3 is 10.2 Å². The molecule has 0 aromatic heterocycles. The molecular formula is C13H22O5. The number of hydrogen-bond donors (Lipinski definition) is 2. The van der Waals surface area contributed by atoms with Crippen molar-refractivity contribution >= 4 is 17.3 Å². The number of carbonyl (C=O) groups is 3. The number of aliphatic hydroxyl groups excluding tert-OH is 2. The fraction of sp³-hybridized carbons (Fsp3) is 0.769. The van der Waals surface area contributed by atoms with Crippen LogP contribution in [0.5, 0.6) is 0 Å². The van der Waals surface area contributed by atoms with Crippen LogP contribution in [0.3, 0.4) is 0 Å². The van der Waals surface area contributed by atoms with E-state index in [1.165, 1.54) is 27.7 Å². The summed E-state index contributed by atoms with van der Waals surface area (Å²) in [5.74, 6) is -1.82. The molecule has 3 unspecified atom stereocenters. The average Bonchev–Trinajstić information content (AvgIpc) is 2.21. The third kappa shape index (κ3) is 3.46. The minimum Gasteiger partial charge on any atom is -0.396 e. The van der Waals surface area contributed by atoms with Crippen LogP contribution in [-0.2, 0) is 14.4 Å². The maximum Gasteiger partial charge on any atom is 0.139 e. The Kier molecular flexibility index (Phi) is 6.35. The SMILES string of the molecule is CC(=O)CC(C(C)=O)(C(C)O)C(CCO)C(C)=O. The van der Waals surface area contributed by atoms with Gasteiger partial charge in [0.15, 0.2) is 0 Å². The molecule has 0 bridgehead atoms. The molecule has 0 amide bonds. The van der Waals surface area contributed by atoms with Gasteiger partial charge in [-0.3, -0.25) is 14.4 Å².